The number of benzene rings is 1. The molecule has 128 valence electrons. The molecule has 0 bridgehead atoms. The second-order valence-corrected chi connectivity index (χ2v) is 6.82. The minimum absolute atomic E-state index is 0.00590. The fourth-order valence-electron chi connectivity index (χ4n) is 2.94. The zero-order chi connectivity index (χ0) is 17.6. The standard InChI is InChI=1S/C18H18Cl2O4/c19-14-5-4-13(15(20)11-14)10-17(23)24-12-18(16(22)6-9-21)7-2-1-3-8-18/h4-5,11,21H,1-3,7-8,10,12H2. The van der Waals surface area contributed by atoms with Crippen molar-refractivity contribution in [3.8, 4) is 12.0 Å². The lowest BCUT2D eigenvalue weighted by Crippen LogP contribution is -2.38. The SMILES string of the molecule is O=C(Cc1ccc(Cl)cc1Cl)OCC1(C(=O)C#CO)CCCCC1. The summed E-state index contributed by atoms with van der Waals surface area (Å²) in [6.45, 7) is -0.0233. The van der Waals surface area contributed by atoms with Crippen LogP contribution in [0.4, 0.5) is 0 Å². The van der Waals surface area contributed by atoms with Crippen molar-refractivity contribution in [2.24, 2.45) is 5.41 Å². The molecule has 4 nitrogen and oxygen atoms in total. The molecule has 24 heavy (non-hydrogen) atoms. The van der Waals surface area contributed by atoms with E-state index in [-0.39, 0.29) is 18.8 Å². The summed E-state index contributed by atoms with van der Waals surface area (Å²) in [5.74, 6) is 1.35. The van der Waals surface area contributed by atoms with E-state index in [1.165, 1.54) is 0 Å². The third kappa shape index (κ3) is 4.66. The molecule has 0 amide bonds. The van der Waals surface area contributed by atoms with Crippen molar-refractivity contribution in [1.82, 2.24) is 0 Å². The van der Waals surface area contributed by atoms with E-state index in [2.05, 4.69) is 5.92 Å². The van der Waals surface area contributed by atoms with Gasteiger partial charge in [-0.3, -0.25) is 9.59 Å². The van der Waals surface area contributed by atoms with Crippen LogP contribution >= 0.6 is 23.2 Å². The molecule has 0 spiro atoms. The van der Waals surface area contributed by atoms with Crippen molar-refractivity contribution in [2.45, 2.75) is 38.5 Å². The molecule has 1 aliphatic rings. The van der Waals surface area contributed by atoms with Crippen molar-refractivity contribution in [3.63, 3.8) is 0 Å². The van der Waals surface area contributed by atoms with Crippen LogP contribution in [0.5, 0.6) is 0 Å². The number of carbonyl (C=O) groups excluding carboxylic acids is 2. The highest BCUT2D eigenvalue weighted by atomic mass is 35.5. The van der Waals surface area contributed by atoms with Gasteiger partial charge in [0.1, 0.15) is 12.7 Å². The lowest BCUT2D eigenvalue weighted by Gasteiger charge is -2.33. The maximum Gasteiger partial charge on any atom is 0.310 e. The molecule has 0 aliphatic heterocycles. The molecule has 0 unspecified atom stereocenters. The van der Waals surface area contributed by atoms with Gasteiger partial charge in [-0.2, -0.15) is 0 Å². The number of hydrogen-bond acceptors (Lipinski definition) is 4. The van der Waals surface area contributed by atoms with Crippen molar-refractivity contribution >= 4 is 35.0 Å². The molecule has 0 saturated heterocycles. The summed E-state index contributed by atoms with van der Waals surface area (Å²) in [5.41, 5.74) is -0.196. The Labute approximate surface area is 151 Å². The molecule has 1 fully saturated rings. The highest BCUT2D eigenvalue weighted by molar-refractivity contribution is 6.35. The summed E-state index contributed by atoms with van der Waals surface area (Å²) < 4.78 is 5.34. The first-order valence-electron chi connectivity index (χ1n) is 7.76. The molecule has 0 heterocycles. The van der Waals surface area contributed by atoms with E-state index in [9.17, 15) is 9.59 Å². The molecule has 1 aromatic rings. The second kappa shape index (κ2) is 8.41. The molecule has 0 radical (unpaired) electrons. The Morgan fingerprint density at radius 1 is 1.21 bits per heavy atom. The Balaban J connectivity index is 2.01. The quantitative estimate of drug-likeness (QED) is 0.631. The van der Waals surface area contributed by atoms with E-state index in [0.717, 1.165) is 19.3 Å². The van der Waals surface area contributed by atoms with Crippen LogP contribution < -0.4 is 0 Å². The number of rotatable bonds is 5. The number of halogens is 2. The summed E-state index contributed by atoms with van der Waals surface area (Å²) in [7, 11) is 0. The van der Waals surface area contributed by atoms with E-state index in [1.54, 1.807) is 24.3 Å². The topological polar surface area (TPSA) is 63.6 Å². The number of esters is 1. The van der Waals surface area contributed by atoms with Gasteiger partial charge in [0.05, 0.1) is 11.8 Å². The lowest BCUT2D eigenvalue weighted by atomic mass is 9.72. The van der Waals surface area contributed by atoms with Crippen LogP contribution in [0.25, 0.3) is 0 Å². The van der Waals surface area contributed by atoms with Gasteiger partial charge in [0.25, 0.3) is 0 Å². The minimum Gasteiger partial charge on any atom is -0.464 e. The monoisotopic (exact) mass is 368 g/mol. The van der Waals surface area contributed by atoms with Crippen molar-refractivity contribution < 1.29 is 19.4 Å². The van der Waals surface area contributed by atoms with Crippen LogP contribution in [0.2, 0.25) is 10.0 Å². The Kier molecular flexibility index (Phi) is 6.53. The van der Waals surface area contributed by atoms with Gasteiger partial charge in [0.2, 0.25) is 5.78 Å². The average Bonchev–Trinajstić information content (AvgIpc) is 2.57. The molecular weight excluding hydrogens is 351 g/mol. The first-order valence-corrected chi connectivity index (χ1v) is 8.51. The maximum absolute atomic E-state index is 12.2. The second-order valence-electron chi connectivity index (χ2n) is 5.98. The number of aliphatic hydroxyl groups is 1. The van der Waals surface area contributed by atoms with Crippen LogP contribution in [0, 0.1) is 17.4 Å². The van der Waals surface area contributed by atoms with Crippen LogP contribution in [-0.4, -0.2) is 23.5 Å². The van der Waals surface area contributed by atoms with Gasteiger partial charge in [0, 0.05) is 16.0 Å². The zero-order valence-electron chi connectivity index (χ0n) is 13.1. The van der Waals surface area contributed by atoms with E-state index >= 15 is 0 Å². The molecule has 1 saturated carbocycles. The Hall–Kier alpha value is -1.70. The van der Waals surface area contributed by atoms with E-state index in [0.29, 0.717) is 28.5 Å². The van der Waals surface area contributed by atoms with Gasteiger partial charge in [-0.15, -0.1) is 0 Å². The van der Waals surface area contributed by atoms with Crippen LogP contribution in [-0.2, 0) is 20.7 Å². The summed E-state index contributed by atoms with van der Waals surface area (Å²) >= 11 is 11.9. The molecule has 6 heteroatoms. The fourth-order valence-corrected chi connectivity index (χ4v) is 3.41. The van der Waals surface area contributed by atoms with Crippen molar-refractivity contribution in [2.75, 3.05) is 6.61 Å². The molecule has 1 aliphatic carbocycles. The normalized spacial score (nSPS) is 15.9. The predicted molar refractivity (Wildman–Crippen MR) is 91.4 cm³/mol. The molecule has 1 aromatic carbocycles. The van der Waals surface area contributed by atoms with Crippen molar-refractivity contribution in [1.29, 1.82) is 0 Å². The predicted octanol–water partition coefficient (Wildman–Crippen LogP) is 3.93. The molecule has 2 rings (SSSR count). The number of carbonyl (C=O) groups is 2. The first-order chi connectivity index (χ1) is 11.5. The van der Waals surface area contributed by atoms with Crippen LogP contribution in [0.1, 0.15) is 37.7 Å². The van der Waals surface area contributed by atoms with Crippen LogP contribution in [0.3, 0.4) is 0 Å². The Morgan fingerprint density at radius 2 is 1.92 bits per heavy atom. The Bertz CT molecular complexity index is 682. The number of aliphatic hydroxyl groups excluding tert-OH is 1. The summed E-state index contributed by atoms with van der Waals surface area (Å²) in [4.78, 5) is 24.3. The summed E-state index contributed by atoms with van der Waals surface area (Å²) in [6, 6.07) is 4.89. The fraction of sp³-hybridized carbons (Fsp3) is 0.444. The van der Waals surface area contributed by atoms with Gasteiger partial charge in [-0.1, -0.05) is 48.5 Å². The van der Waals surface area contributed by atoms with Gasteiger partial charge in [0.15, 0.2) is 0 Å². The van der Waals surface area contributed by atoms with Gasteiger partial charge >= 0.3 is 5.97 Å². The first kappa shape index (κ1) is 18.6. The van der Waals surface area contributed by atoms with Gasteiger partial charge in [-0.25, -0.2) is 0 Å². The number of hydrogen-bond donors (Lipinski definition) is 1. The third-order valence-corrected chi connectivity index (χ3v) is 4.91. The van der Waals surface area contributed by atoms with Crippen LogP contribution in [0.15, 0.2) is 18.2 Å². The molecule has 0 aromatic heterocycles. The average molecular weight is 369 g/mol. The van der Waals surface area contributed by atoms with Gasteiger partial charge < -0.3 is 9.84 Å². The minimum atomic E-state index is -0.812. The summed E-state index contributed by atoms with van der Waals surface area (Å²) in [6.07, 6.45) is 5.67. The van der Waals surface area contributed by atoms with E-state index in [4.69, 9.17) is 33.0 Å². The summed E-state index contributed by atoms with van der Waals surface area (Å²) in [5, 5.41) is 9.58. The molecule has 1 N–H and O–H groups in total. The molecular formula is C18H18Cl2O4. The third-order valence-electron chi connectivity index (χ3n) is 4.32. The Morgan fingerprint density at radius 3 is 2.54 bits per heavy atom. The largest absolute Gasteiger partial charge is 0.464 e. The van der Waals surface area contributed by atoms with E-state index in [1.807, 2.05) is 0 Å². The lowest BCUT2D eigenvalue weighted by molar-refractivity contribution is -0.149. The van der Waals surface area contributed by atoms with E-state index < -0.39 is 11.4 Å². The number of Topliss-reactive ketones (excluding diaryl/α,β-unsaturated/α-hetero) is 1. The van der Waals surface area contributed by atoms with Crippen molar-refractivity contribution in [3.05, 3.63) is 33.8 Å². The number of ether oxygens (including phenoxy) is 1. The van der Waals surface area contributed by atoms with Gasteiger partial charge in [-0.05, 0) is 30.5 Å². The highest BCUT2D eigenvalue weighted by Crippen LogP contribution is 2.37. The molecule has 0 atom stereocenters. The zero-order valence-corrected chi connectivity index (χ0v) is 14.6. The smallest absolute Gasteiger partial charge is 0.310 e. The highest BCUT2D eigenvalue weighted by Gasteiger charge is 2.40. The maximum atomic E-state index is 12.2. The number of ketones is 1.